The predicted molar refractivity (Wildman–Crippen MR) is 103 cm³/mol. The number of hydrogen-bond acceptors (Lipinski definition) is 5. The van der Waals surface area contributed by atoms with Gasteiger partial charge in [-0.05, 0) is 12.0 Å². The number of benzene rings is 1. The molecule has 3 N–H and O–H groups in total. The van der Waals surface area contributed by atoms with Gasteiger partial charge in [0.25, 0.3) is 5.91 Å². The molecule has 0 spiro atoms. The van der Waals surface area contributed by atoms with Gasteiger partial charge in [0, 0.05) is 24.6 Å². The molecule has 1 heterocycles. The summed E-state index contributed by atoms with van der Waals surface area (Å²) < 4.78 is 12.3. The number of aliphatic carboxylic acids is 1. The number of carbonyl (C=O) groups is 3. The zero-order valence-corrected chi connectivity index (χ0v) is 16.5. The van der Waals surface area contributed by atoms with Crippen molar-refractivity contribution in [1.29, 1.82) is 0 Å². The molecule has 0 unspecified atom stereocenters. The number of methoxy groups -OCH3 is 2. The Morgan fingerprint density at radius 3 is 2.36 bits per heavy atom. The number of rotatable bonds is 8. The highest BCUT2D eigenvalue weighted by Gasteiger charge is 2.26. The van der Waals surface area contributed by atoms with Crippen molar-refractivity contribution in [2.24, 2.45) is 13.0 Å². The molecule has 0 radical (unpaired) electrons. The molecule has 0 aliphatic carbocycles. The Hall–Kier alpha value is -3.23. The van der Waals surface area contributed by atoms with Crippen molar-refractivity contribution >= 4 is 28.7 Å². The van der Waals surface area contributed by atoms with E-state index in [0.717, 1.165) is 10.9 Å². The third kappa shape index (κ3) is 4.36. The van der Waals surface area contributed by atoms with Crippen molar-refractivity contribution in [3.63, 3.8) is 0 Å². The molecule has 1 aromatic heterocycles. The van der Waals surface area contributed by atoms with Gasteiger partial charge >= 0.3 is 5.97 Å². The van der Waals surface area contributed by atoms with Crippen molar-refractivity contribution in [3.05, 3.63) is 23.9 Å². The number of aromatic nitrogens is 1. The van der Waals surface area contributed by atoms with Crippen LogP contribution in [0.4, 0.5) is 0 Å². The lowest BCUT2D eigenvalue weighted by Crippen LogP contribution is -2.50. The number of aryl methyl sites for hydroxylation is 1. The standard InChI is InChI=1S/C19H25N3O6/c1-10(2)17(19(26)20-9-16(23)24)21-18(25)14-8-12-13(22(14)3)6-11(27-4)7-15(12)28-5/h6-8,10,17H,9H2,1-5H3,(H,20,26)(H,21,25)(H,23,24)/t17-/m0/s1. The summed E-state index contributed by atoms with van der Waals surface area (Å²) in [6, 6.07) is 4.31. The van der Waals surface area contributed by atoms with Crippen LogP contribution in [0.1, 0.15) is 24.3 Å². The fourth-order valence-corrected chi connectivity index (χ4v) is 2.90. The van der Waals surface area contributed by atoms with Crippen LogP contribution in [0.3, 0.4) is 0 Å². The second-order valence-electron chi connectivity index (χ2n) is 6.66. The average molecular weight is 391 g/mol. The summed E-state index contributed by atoms with van der Waals surface area (Å²) in [5.41, 5.74) is 1.07. The van der Waals surface area contributed by atoms with E-state index in [1.54, 1.807) is 50.8 Å². The molecule has 2 rings (SSSR count). The van der Waals surface area contributed by atoms with E-state index in [4.69, 9.17) is 14.6 Å². The van der Waals surface area contributed by atoms with Crippen molar-refractivity contribution in [2.45, 2.75) is 19.9 Å². The van der Waals surface area contributed by atoms with Crippen LogP contribution >= 0.6 is 0 Å². The molecule has 2 amide bonds. The van der Waals surface area contributed by atoms with Gasteiger partial charge in [-0.15, -0.1) is 0 Å². The third-order valence-corrected chi connectivity index (χ3v) is 4.44. The Bertz CT molecular complexity index is 903. The minimum atomic E-state index is -1.16. The monoisotopic (exact) mass is 391 g/mol. The van der Waals surface area contributed by atoms with Gasteiger partial charge in [-0.3, -0.25) is 14.4 Å². The van der Waals surface area contributed by atoms with Crippen LogP contribution in [0.15, 0.2) is 18.2 Å². The largest absolute Gasteiger partial charge is 0.497 e. The third-order valence-electron chi connectivity index (χ3n) is 4.44. The van der Waals surface area contributed by atoms with Gasteiger partial charge in [-0.25, -0.2) is 0 Å². The maximum Gasteiger partial charge on any atom is 0.322 e. The normalized spacial score (nSPS) is 11.9. The molecule has 0 fully saturated rings. The van der Waals surface area contributed by atoms with Gasteiger partial charge < -0.3 is 29.8 Å². The Balaban J connectivity index is 2.34. The highest BCUT2D eigenvalue weighted by atomic mass is 16.5. The Morgan fingerprint density at radius 2 is 1.82 bits per heavy atom. The number of ether oxygens (including phenoxy) is 2. The van der Waals surface area contributed by atoms with Gasteiger partial charge in [-0.1, -0.05) is 13.8 Å². The zero-order valence-electron chi connectivity index (χ0n) is 16.5. The van der Waals surface area contributed by atoms with Gasteiger partial charge in [0.1, 0.15) is 29.8 Å². The summed E-state index contributed by atoms with van der Waals surface area (Å²) in [5.74, 6) is -1.25. The van der Waals surface area contributed by atoms with Crippen molar-refractivity contribution < 1.29 is 29.0 Å². The van der Waals surface area contributed by atoms with Gasteiger partial charge in [-0.2, -0.15) is 0 Å². The topological polar surface area (TPSA) is 119 Å². The van der Waals surface area contributed by atoms with E-state index in [0.29, 0.717) is 17.2 Å². The summed E-state index contributed by atoms with van der Waals surface area (Å²) in [7, 11) is 4.80. The van der Waals surface area contributed by atoms with Crippen molar-refractivity contribution in [3.8, 4) is 11.5 Å². The summed E-state index contributed by atoms with van der Waals surface area (Å²) in [6.07, 6.45) is 0. The summed E-state index contributed by atoms with van der Waals surface area (Å²) in [5, 5.41) is 14.4. The molecule has 0 aliphatic rings. The van der Waals surface area contributed by atoms with Crippen LogP contribution < -0.4 is 20.1 Å². The SMILES string of the molecule is COc1cc(OC)c2cc(C(=O)N[C@H](C(=O)NCC(=O)O)C(C)C)n(C)c2c1. The molecule has 9 heteroatoms. The first-order valence-electron chi connectivity index (χ1n) is 8.71. The Morgan fingerprint density at radius 1 is 1.14 bits per heavy atom. The quantitative estimate of drug-likeness (QED) is 0.621. The van der Waals surface area contributed by atoms with Gasteiger partial charge in [0.05, 0.1) is 19.7 Å². The number of nitrogens with one attached hydrogen (secondary N) is 2. The minimum absolute atomic E-state index is 0.234. The molecule has 0 aliphatic heterocycles. The number of nitrogens with zero attached hydrogens (tertiary/aromatic N) is 1. The summed E-state index contributed by atoms with van der Waals surface area (Å²) in [4.78, 5) is 35.8. The molecule has 9 nitrogen and oxygen atoms in total. The van der Waals surface area contributed by atoms with E-state index < -0.39 is 30.4 Å². The fraction of sp³-hybridized carbons (Fsp3) is 0.421. The second kappa shape index (κ2) is 8.64. The molecule has 0 saturated heterocycles. The lowest BCUT2D eigenvalue weighted by Gasteiger charge is -2.21. The van der Waals surface area contributed by atoms with E-state index in [-0.39, 0.29) is 5.92 Å². The van der Waals surface area contributed by atoms with Crippen LogP contribution in [-0.4, -0.2) is 54.3 Å². The first-order chi connectivity index (χ1) is 13.2. The van der Waals surface area contributed by atoms with E-state index in [2.05, 4.69) is 10.6 Å². The van der Waals surface area contributed by atoms with E-state index >= 15 is 0 Å². The summed E-state index contributed by atoms with van der Waals surface area (Å²) >= 11 is 0. The second-order valence-corrected chi connectivity index (χ2v) is 6.66. The lowest BCUT2D eigenvalue weighted by molar-refractivity contribution is -0.138. The van der Waals surface area contributed by atoms with E-state index in [1.165, 1.54) is 7.11 Å². The predicted octanol–water partition coefficient (Wildman–Crippen LogP) is 1.15. The number of carbonyl (C=O) groups excluding carboxylic acids is 2. The Labute approximate surface area is 162 Å². The summed E-state index contributed by atoms with van der Waals surface area (Å²) in [6.45, 7) is 3.02. The van der Waals surface area contributed by atoms with Crippen molar-refractivity contribution in [1.82, 2.24) is 15.2 Å². The lowest BCUT2D eigenvalue weighted by atomic mass is 10.0. The molecule has 1 aromatic carbocycles. The first-order valence-corrected chi connectivity index (χ1v) is 8.71. The van der Waals surface area contributed by atoms with Gasteiger partial charge in [0.15, 0.2) is 0 Å². The first kappa shape index (κ1) is 21.1. The van der Waals surface area contributed by atoms with Crippen molar-refractivity contribution in [2.75, 3.05) is 20.8 Å². The molecule has 2 aromatic rings. The number of carboxylic acids is 1. The number of hydrogen-bond donors (Lipinski definition) is 3. The average Bonchev–Trinajstić information content (AvgIpc) is 2.99. The molecular formula is C19H25N3O6. The smallest absolute Gasteiger partial charge is 0.322 e. The molecule has 1 atom stereocenters. The van der Waals surface area contributed by atoms with Crippen LogP contribution in [0, 0.1) is 5.92 Å². The highest BCUT2D eigenvalue weighted by molar-refractivity contribution is 6.02. The fourth-order valence-electron chi connectivity index (χ4n) is 2.90. The molecule has 0 bridgehead atoms. The molecule has 0 saturated carbocycles. The Kier molecular flexibility index (Phi) is 6.50. The number of amides is 2. The zero-order chi connectivity index (χ0) is 21.0. The minimum Gasteiger partial charge on any atom is -0.497 e. The van der Waals surface area contributed by atoms with Crippen LogP contribution in [0.25, 0.3) is 10.9 Å². The maximum absolute atomic E-state index is 12.8. The van der Waals surface area contributed by atoms with Crippen LogP contribution in [-0.2, 0) is 16.6 Å². The number of fused-ring (bicyclic) bond motifs is 1. The van der Waals surface area contributed by atoms with Crippen LogP contribution in [0.2, 0.25) is 0 Å². The van der Waals surface area contributed by atoms with Gasteiger partial charge in [0.2, 0.25) is 5.91 Å². The van der Waals surface area contributed by atoms with E-state index in [1.807, 2.05) is 0 Å². The van der Waals surface area contributed by atoms with Crippen LogP contribution in [0.5, 0.6) is 11.5 Å². The van der Waals surface area contributed by atoms with E-state index in [9.17, 15) is 14.4 Å². The molecule has 152 valence electrons. The molecular weight excluding hydrogens is 366 g/mol. The number of carboxylic acid groups (broad SMARTS) is 1. The highest BCUT2D eigenvalue weighted by Crippen LogP contribution is 2.33. The maximum atomic E-state index is 12.8. The molecule has 28 heavy (non-hydrogen) atoms.